The molecule has 17 heavy (non-hydrogen) atoms. The van der Waals surface area contributed by atoms with Gasteiger partial charge in [0.1, 0.15) is 5.52 Å². The fraction of sp³-hybridized carbons (Fsp3) is 0.417. The maximum atomic E-state index is 9.23. The van der Waals surface area contributed by atoms with Gasteiger partial charge in [-0.25, -0.2) is 0 Å². The highest BCUT2D eigenvalue weighted by Crippen LogP contribution is 2.25. The summed E-state index contributed by atoms with van der Waals surface area (Å²) < 4.78 is 5.60. The van der Waals surface area contributed by atoms with E-state index in [9.17, 15) is 5.11 Å². The minimum Gasteiger partial charge on any atom is -0.423 e. The fourth-order valence-electron chi connectivity index (χ4n) is 1.60. The molecule has 0 aliphatic carbocycles. The summed E-state index contributed by atoms with van der Waals surface area (Å²) >= 11 is 0. The van der Waals surface area contributed by atoms with Gasteiger partial charge in [0.05, 0.1) is 11.8 Å². The summed E-state index contributed by atoms with van der Waals surface area (Å²) in [6.07, 6.45) is 0.344. The first kappa shape index (κ1) is 11.7. The smallest absolute Gasteiger partial charge is 0.298 e. The molecule has 2 aromatic rings. The number of nitrogen functional groups attached to an aromatic ring is 1. The monoisotopic (exact) mass is 235 g/mol. The van der Waals surface area contributed by atoms with Crippen LogP contribution >= 0.6 is 0 Å². The zero-order valence-electron chi connectivity index (χ0n) is 10.1. The predicted molar refractivity (Wildman–Crippen MR) is 68.0 cm³/mol. The Balaban J connectivity index is 2.21. The molecule has 1 aromatic heterocycles. The Morgan fingerprint density at radius 2 is 2.29 bits per heavy atom. The molecule has 2 rings (SSSR count). The fourth-order valence-corrected chi connectivity index (χ4v) is 1.60. The van der Waals surface area contributed by atoms with Crippen molar-refractivity contribution in [1.29, 1.82) is 0 Å². The van der Waals surface area contributed by atoms with Gasteiger partial charge in [-0.3, -0.25) is 0 Å². The largest absolute Gasteiger partial charge is 0.423 e. The van der Waals surface area contributed by atoms with Crippen molar-refractivity contribution in [2.75, 3.05) is 24.2 Å². The summed E-state index contributed by atoms with van der Waals surface area (Å²) in [6, 6.07) is 6.00. The zero-order chi connectivity index (χ0) is 12.4. The molecular weight excluding hydrogens is 218 g/mol. The van der Waals surface area contributed by atoms with Crippen molar-refractivity contribution in [3.8, 4) is 0 Å². The number of nitrogens with zero attached hydrogens (tertiary/aromatic N) is 2. The van der Waals surface area contributed by atoms with Gasteiger partial charge in [0.25, 0.3) is 6.01 Å². The van der Waals surface area contributed by atoms with Crippen LogP contribution in [0, 0.1) is 0 Å². The molecule has 0 radical (unpaired) electrons. The number of hydrogen-bond acceptors (Lipinski definition) is 5. The molecule has 5 nitrogen and oxygen atoms in total. The highest BCUT2D eigenvalue weighted by Gasteiger charge is 2.12. The van der Waals surface area contributed by atoms with E-state index in [-0.39, 0.29) is 6.10 Å². The Kier molecular flexibility index (Phi) is 3.19. The topological polar surface area (TPSA) is 75.5 Å². The molecule has 1 aromatic carbocycles. The van der Waals surface area contributed by atoms with Crippen LogP contribution in [0.1, 0.15) is 13.3 Å². The van der Waals surface area contributed by atoms with Crippen molar-refractivity contribution in [3.63, 3.8) is 0 Å². The number of aliphatic hydroxyl groups excluding tert-OH is 1. The first-order chi connectivity index (χ1) is 8.08. The first-order valence-corrected chi connectivity index (χ1v) is 5.62. The third-order valence-corrected chi connectivity index (χ3v) is 2.65. The van der Waals surface area contributed by atoms with Crippen LogP contribution in [0.2, 0.25) is 0 Å². The number of hydrogen-bond donors (Lipinski definition) is 2. The molecule has 0 bridgehead atoms. The summed E-state index contributed by atoms with van der Waals surface area (Å²) in [5, 5.41) is 9.23. The van der Waals surface area contributed by atoms with Crippen LogP contribution in [0.3, 0.4) is 0 Å². The Labute approximate surface area is 99.8 Å². The van der Waals surface area contributed by atoms with Crippen LogP contribution in [0.4, 0.5) is 11.7 Å². The van der Waals surface area contributed by atoms with Gasteiger partial charge in [-0.1, -0.05) is 6.07 Å². The number of anilines is 2. The summed E-state index contributed by atoms with van der Waals surface area (Å²) in [4.78, 5) is 6.21. The number of benzene rings is 1. The second-order valence-electron chi connectivity index (χ2n) is 4.25. The quantitative estimate of drug-likeness (QED) is 0.787. The number of aromatic nitrogens is 1. The molecule has 0 saturated carbocycles. The summed E-state index contributed by atoms with van der Waals surface area (Å²) in [5.41, 5.74) is 7.79. The number of aliphatic hydroxyl groups is 1. The van der Waals surface area contributed by atoms with Gasteiger partial charge in [-0.2, -0.15) is 4.98 Å². The Morgan fingerprint density at radius 3 is 2.94 bits per heavy atom. The van der Waals surface area contributed by atoms with E-state index >= 15 is 0 Å². The molecule has 0 spiro atoms. The van der Waals surface area contributed by atoms with Crippen molar-refractivity contribution in [1.82, 2.24) is 4.98 Å². The van der Waals surface area contributed by atoms with Crippen molar-refractivity contribution in [2.24, 2.45) is 0 Å². The molecule has 1 heterocycles. The van der Waals surface area contributed by atoms with E-state index < -0.39 is 0 Å². The van der Waals surface area contributed by atoms with Crippen molar-refractivity contribution in [2.45, 2.75) is 19.4 Å². The molecule has 0 aliphatic heterocycles. The van der Waals surface area contributed by atoms with Crippen molar-refractivity contribution >= 4 is 22.8 Å². The summed E-state index contributed by atoms with van der Waals surface area (Å²) in [5.74, 6) is 0. The van der Waals surface area contributed by atoms with Crippen molar-refractivity contribution in [3.05, 3.63) is 18.2 Å². The van der Waals surface area contributed by atoms with Crippen LogP contribution in [0.25, 0.3) is 11.1 Å². The normalized spacial score (nSPS) is 12.9. The number of para-hydroxylation sites is 1. The van der Waals surface area contributed by atoms with Gasteiger partial charge in [0.2, 0.25) is 0 Å². The molecule has 1 unspecified atom stereocenters. The van der Waals surface area contributed by atoms with Crippen LogP contribution in [-0.2, 0) is 0 Å². The standard InChI is InChI=1S/C12H17N3O2/c1-8(16)6-7-15(2)12-14-11-9(13)4-3-5-10(11)17-12/h3-5,8,16H,6-7,13H2,1-2H3. The minimum absolute atomic E-state index is 0.327. The molecule has 5 heteroatoms. The number of nitrogens with two attached hydrogens (primary N) is 1. The average Bonchev–Trinajstić information content (AvgIpc) is 2.71. The maximum Gasteiger partial charge on any atom is 0.298 e. The molecular formula is C12H17N3O2. The summed E-state index contributed by atoms with van der Waals surface area (Å²) in [6.45, 7) is 2.45. The second-order valence-corrected chi connectivity index (χ2v) is 4.25. The highest BCUT2D eigenvalue weighted by atomic mass is 16.4. The number of fused-ring (bicyclic) bond motifs is 1. The lowest BCUT2D eigenvalue weighted by molar-refractivity contribution is 0.186. The lowest BCUT2D eigenvalue weighted by atomic mass is 10.3. The van der Waals surface area contributed by atoms with Gasteiger partial charge in [0, 0.05) is 13.6 Å². The van der Waals surface area contributed by atoms with Crippen LogP contribution in [-0.4, -0.2) is 29.8 Å². The average molecular weight is 235 g/mol. The lowest BCUT2D eigenvalue weighted by Gasteiger charge is -2.14. The van der Waals surface area contributed by atoms with E-state index in [1.165, 1.54) is 0 Å². The van der Waals surface area contributed by atoms with Gasteiger partial charge >= 0.3 is 0 Å². The second kappa shape index (κ2) is 4.63. The molecule has 3 N–H and O–H groups in total. The Morgan fingerprint density at radius 1 is 1.53 bits per heavy atom. The predicted octanol–water partition coefficient (Wildman–Crippen LogP) is 1.62. The van der Waals surface area contributed by atoms with Crippen LogP contribution in [0.5, 0.6) is 0 Å². The third-order valence-electron chi connectivity index (χ3n) is 2.65. The maximum absolute atomic E-state index is 9.23. The van der Waals surface area contributed by atoms with E-state index in [2.05, 4.69) is 4.98 Å². The van der Waals surface area contributed by atoms with Gasteiger partial charge in [0.15, 0.2) is 5.58 Å². The van der Waals surface area contributed by atoms with Gasteiger partial charge in [-0.15, -0.1) is 0 Å². The molecule has 0 aliphatic rings. The zero-order valence-corrected chi connectivity index (χ0v) is 10.1. The highest BCUT2D eigenvalue weighted by molar-refractivity contribution is 5.86. The van der Waals surface area contributed by atoms with Crippen LogP contribution in [0.15, 0.2) is 22.6 Å². The van der Waals surface area contributed by atoms with E-state index in [0.717, 1.165) is 0 Å². The number of oxazole rings is 1. The SMILES string of the molecule is CC(O)CCN(C)c1nc2c(N)cccc2o1. The van der Waals surface area contributed by atoms with Gasteiger partial charge < -0.3 is 20.2 Å². The third kappa shape index (κ3) is 2.50. The molecule has 0 fully saturated rings. The number of rotatable bonds is 4. The first-order valence-electron chi connectivity index (χ1n) is 5.62. The molecule has 0 amide bonds. The Bertz CT molecular complexity index is 507. The molecule has 1 atom stereocenters. The Hall–Kier alpha value is -1.75. The van der Waals surface area contributed by atoms with E-state index in [1.807, 2.05) is 24.1 Å². The van der Waals surface area contributed by atoms with Crippen LogP contribution < -0.4 is 10.6 Å². The van der Waals surface area contributed by atoms with E-state index in [1.54, 1.807) is 13.0 Å². The van der Waals surface area contributed by atoms with Crippen molar-refractivity contribution < 1.29 is 9.52 Å². The summed E-state index contributed by atoms with van der Waals surface area (Å²) in [7, 11) is 1.88. The molecule has 92 valence electrons. The molecule has 0 saturated heterocycles. The van der Waals surface area contributed by atoms with E-state index in [0.29, 0.717) is 35.8 Å². The minimum atomic E-state index is -0.327. The lowest BCUT2D eigenvalue weighted by Crippen LogP contribution is -2.21. The van der Waals surface area contributed by atoms with E-state index in [4.69, 9.17) is 10.2 Å². The van der Waals surface area contributed by atoms with Gasteiger partial charge in [-0.05, 0) is 25.5 Å².